The molecular weight excluding hydrogens is 655 g/mol. The first-order chi connectivity index (χ1) is 24.3. The van der Waals surface area contributed by atoms with Crippen molar-refractivity contribution in [2.24, 2.45) is 17.8 Å². The van der Waals surface area contributed by atoms with Gasteiger partial charge in [0.05, 0.1) is 5.83 Å². The van der Waals surface area contributed by atoms with E-state index in [2.05, 4.69) is 17.6 Å². The number of Topliss-reactive ketones (excluding diaryl/α,β-unsaturated/α-hetero) is 2. The smallest absolute Gasteiger partial charge is 0.326 e. The van der Waals surface area contributed by atoms with Gasteiger partial charge >= 0.3 is 11.9 Å². The molecule has 0 aliphatic rings. The molecule has 0 aromatic carbocycles. The van der Waals surface area contributed by atoms with Gasteiger partial charge in [0.25, 0.3) is 0 Å². The summed E-state index contributed by atoms with van der Waals surface area (Å²) in [5.74, 6) is -5.87. The van der Waals surface area contributed by atoms with Crippen LogP contribution < -0.4 is 10.6 Å². The highest BCUT2D eigenvalue weighted by molar-refractivity contribution is 5.89. The predicted molar refractivity (Wildman–Crippen MR) is 199 cm³/mol. The minimum atomic E-state index is -1.19. The first-order valence-corrected chi connectivity index (χ1v) is 19.7. The van der Waals surface area contributed by atoms with E-state index in [1.54, 1.807) is 6.92 Å². The quantitative estimate of drug-likeness (QED) is 0.0479. The Morgan fingerprint density at radius 1 is 0.686 bits per heavy atom. The van der Waals surface area contributed by atoms with E-state index in [0.717, 1.165) is 19.3 Å². The number of rotatable bonds is 34. The second-order valence-corrected chi connectivity index (χ2v) is 14.2. The summed E-state index contributed by atoms with van der Waals surface area (Å²) in [6.07, 6.45) is 18.4. The lowest BCUT2D eigenvalue weighted by atomic mass is 9.86. The molecule has 0 saturated carbocycles. The summed E-state index contributed by atoms with van der Waals surface area (Å²) >= 11 is 0. The van der Waals surface area contributed by atoms with Crippen molar-refractivity contribution < 1.29 is 43.4 Å². The number of allylic oxidation sites excluding steroid dienone is 2. The van der Waals surface area contributed by atoms with Gasteiger partial charge < -0.3 is 20.8 Å². The van der Waals surface area contributed by atoms with E-state index < -0.39 is 41.6 Å². The molecule has 10 nitrogen and oxygen atoms in total. The van der Waals surface area contributed by atoms with Crippen molar-refractivity contribution in [3.8, 4) is 0 Å². The Kier molecular flexibility index (Phi) is 28.6. The molecule has 0 aliphatic heterocycles. The van der Waals surface area contributed by atoms with Gasteiger partial charge in [0.15, 0.2) is 0 Å². The van der Waals surface area contributed by atoms with Crippen LogP contribution in [0.4, 0.5) is 4.39 Å². The number of carbonyl (C=O) groups is 6. The van der Waals surface area contributed by atoms with Crippen LogP contribution in [0, 0.1) is 17.8 Å². The van der Waals surface area contributed by atoms with Gasteiger partial charge in [-0.15, -0.1) is 0 Å². The lowest BCUT2D eigenvalue weighted by molar-refractivity contribution is -0.142. The standard InChI is InChI=1S/C40H69FN2O8/c1-5-7-8-9-10-11-12-13-14-15-16-17-18-22-38(47)43-35(40(50)51)24-25-37(46)42-27-20-19-21-32(31(4)44)29-36(45)33(23-26-39(48)49)28-34(41)30(3)6-2/h28,30,32-33,35H,5-27,29H2,1-4H3,(H,42,46)(H,43,47)(H,48,49)(H,50,51)/b34-28-/t30-,32-,33-,35?/m1/s1. The predicted octanol–water partition coefficient (Wildman–Crippen LogP) is 8.65. The van der Waals surface area contributed by atoms with Crippen molar-refractivity contribution in [3.05, 3.63) is 11.9 Å². The fourth-order valence-electron chi connectivity index (χ4n) is 5.95. The molecule has 4 N–H and O–H groups in total. The highest BCUT2D eigenvalue weighted by Gasteiger charge is 2.25. The number of nitrogens with one attached hydrogen (secondary N) is 2. The SMILES string of the molecule is CCCCCCCCCCCCCCCC(=O)NC(CCC(=O)NCCCC[C@H](CC(=O)[C@@H](/C=C(\F)[C@H](C)CC)CCC(=O)O)C(C)=O)C(=O)O. The van der Waals surface area contributed by atoms with Crippen LogP contribution in [0.15, 0.2) is 11.9 Å². The number of carbonyl (C=O) groups excluding carboxylic acids is 4. The van der Waals surface area contributed by atoms with E-state index in [4.69, 9.17) is 5.11 Å². The van der Waals surface area contributed by atoms with Crippen molar-refractivity contribution in [2.75, 3.05) is 6.54 Å². The Bertz CT molecular complexity index is 1060. The largest absolute Gasteiger partial charge is 0.481 e. The maximum atomic E-state index is 14.5. The molecule has 1 unspecified atom stereocenters. The first kappa shape index (κ1) is 47.9. The Balaban J connectivity index is 4.40. The Morgan fingerprint density at radius 3 is 1.76 bits per heavy atom. The minimum absolute atomic E-state index is 0.0326. The Labute approximate surface area is 306 Å². The van der Waals surface area contributed by atoms with E-state index in [9.17, 15) is 38.3 Å². The van der Waals surface area contributed by atoms with Crippen molar-refractivity contribution >= 4 is 35.3 Å². The summed E-state index contributed by atoms with van der Waals surface area (Å²) in [7, 11) is 0. The first-order valence-electron chi connectivity index (χ1n) is 19.7. The lowest BCUT2D eigenvalue weighted by Crippen LogP contribution is -2.41. The van der Waals surface area contributed by atoms with Gasteiger partial charge in [0.2, 0.25) is 11.8 Å². The molecule has 0 spiro atoms. The zero-order chi connectivity index (χ0) is 38.4. The molecule has 51 heavy (non-hydrogen) atoms. The molecule has 0 saturated heterocycles. The highest BCUT2D eigenvalue weighted by atomic mass is 19.1. The molecule has 2 amide bonds. The number of hydrogen-bond acceptors (Lipinski definition) is 6. The third-order valence-electron chi connectivity index (χ3n) is 9.65. The van der Waals surface area contributed by atoms with Crippen LogP contribution in [0.5, 0.6) is 0 Å². The second-order valence-electron chi connectivity index (χ2n) is 14.2. The summed E-state index contributed by atoms with van der Waals surface area (Å²) in [6, 6.07) is -1.15. The summed E-state index contributed by atoms with van der Waals surface area (Å²) in [5, 5.41) is 23.9. The summed E-state index contributed by atoms with van der Waals surface area (Å²) < 4.78 is 14.5. The molecule has 4 atom stereocenters. The number of carboxylic acids is 2. The summed E-state index contributed by atoms with van der Waals surface area (Å²) in [6.45, 7) is 7.41. The Hall–Kier alpha value is -3.11. The van der Waals surface area contributed by atoms with Crippen LogP contribution in [0.2, 0.25) is 0 Å². The number of amides is 2. The summed E-state index contributed by atoms with van der Waals surface area (Å²) in [4.78, 5) is 72.8. The van der Waals surface area contributed by atoms with Crippen molar-refractivity contribution in [1.82, 2.24) is 10.6 Å². The van der Waals surface area contributed by atoms with Gasteiger partial charge in [-0.25, -0.2) is 9.18 Å². The van der Waals surface area contributed by atoms with E-state index in [1.165, 1.54) is 70.8 Å². The topological polar surface area (TPSA) is 167 Å². The maximum absolute atomic E-state index is 14.5. The van der Waals surface area contributed by atoms with Crippen molar-refractivity contribution in [2.45, 2.75) is 181 Å². The average Bonchev–Trinajstić information content (AvgIpc) is 3.08. The normalized spacial score (nSPS) is 13.9. The van der Waals surface area contributed by atoms with Gasteiger partial charge in [0.1, 0.15) is 17.6 Å². The lowest BCUT2D eigenvalue weighted by Gasteiger charge is -2.18. The van der Waals surface area contributed by atoms with Crippen LogP contribution in [0.1, 0.15) is 175 Å². The number of hydrogen-bond donors (Lipinski definition) is 4. The zero-order valence-corrected chi connectivity index (χ0v) is 32.1. The van der Waals surface area contributed by atoms with Crippen LogP contribution >= 0.6 is 0 Å². The number of unbranched alkanes of at least 4 members (excludes halogenated alkanes) is 13. The average molecular weight is 725 g/mol. The second kappa shape index (κ2) is 30.5. The monoisotopic (exact) mass is 725 g/mol. The molecule has 0 aliphatic carbocycles. The van der Waals surface area contributed by atoms with Gasteiger partial charge in [-0.1, -0.05) is 104 Å². The zero-order valence-electron chi connectivity index (χ0n) is 32.1. The minimum Gasteiger partial charge on any atom is -0.481 e. The van der Waals surface area contributed by atoms with E-state index >= 15 is 0 Å². The van der Waals surface area contributed by atoms with E-state index in [1.807, 2.05) is 6.92 Å². The number of halogens is 1. The third-order valence-corrected chi connectivity index (χ3v) is 9.65. The number of ketones is 2. The summed E-state index contributed by atoms with van der Waals surface area (Å²) in [5.41, 5.74) is 0. The molecule has 0 radical (unpaired) electrons. The van der Waals surface area contributed by atoms with Gasteiger partial charge in [-0.3, -0.25) is 24.0 Å². The van der Waals surface area contributed by atoms with Crippen molar-refractivity contribution in [1.29, 1.82) is 0 Å². The maximum Gasteiger partial charge on any atom is 0.326 e. The molecule has 0 aromatic rings. The van der Waals surface area contributed by atoms with E-state index in [0.29, 0.717) is 38.6 Å². The van der Waals surface area contributed by atoms with Crippen molar-refractivity contribution in [3.63, 3.8) is 0 Å². The highest BCUT2D eigenvalue weighted by Crippen LogP contribution is 2.25. The molecule has 0 aromatic heterocycles. The third kappa shape index (κ3) is 26.3. The fraction of sp³-hybridized carbons (Fsp3) is 0.800. The molecular formula is C40H69FN2O8. The van der Waals surface area contributed by atoms with Gasteiger partial charge in [-0.2, -0.15) is 0 Å². The Morgan fingerprint density at radius 2 is 1.25 bits per heavy atom. The molecule has 0 rings (SSSR count). The van der Waals surface area contributed by atoms with E-state index in [-0.39, 0.29) is 61.9 Å². The van der Waals surface area contributed by atoms with Crippen LogP contribution in [-0.4, -0.2) is 58.1 Å². The molecule has 0 fully saturated rings. The fourth-order valence-corrected chi connectivity index (χ4v) is 5.95. The number of aliphatic carboxylic acids is 2. The molecule has 0 heterocycles. The van der Waals surface area contributed by atoms with Crippen LogP contribution in [0.3, 0.4) is 0 Å². The van der Waals surface area contributed by atoms with Gasteiger partial charge in [-0.05, 0) is 51.5 Å². The van der Waals surface area contributed by atoms with Crippen LogP contribution in [0.25, 0.3) is 0 Å². The number of carboxylic acid groups (broad SMARTS) is 2. The van der Waals surface area contributed by atoms with Gasteiger partial charge in [0, 0.05) is 50.0 Å². The molecule has 0 bridgehead atoms. The molecule has 294 valence electrons. The van der Waals surface area contributed by atoms with Crippen LogP contribution in [-0.2, 0) is 28.8 Å². The molecule has 11 heteroatoms.